The van der Waals surface area contributed by atoms with E-state index in [4.69, 9.17) is 14.2 Å². The maximum Gasteiger partial charge on any atom is 0.250 e. The quantitative estimate of drug-likeness (QED) is 0.414. The van der Waals surface area contributed by atoms with Gasteiger partial charge in [-0.2, -0.15) is 0 Å². The van der Waals surface area contributed by atoms with Crippen molar-refractivity contribution < 1.29 is 33.7 Å². The van der Waals surface area contributed by atoms with E-state index in [0.29, 0.717) is 48.7 Å². The fourth-order valence-corrected chi connectivity index (χ4v) is 6.78. The van der Waals surface area contributed by atoms with Gasteiger partial charge in [0.1, 0.15) is 23.1 Å². The third kappa shape index (κ3) is 4.49. The highest BCUT2D eigenvalue weighted by Crippen LogP contribution is 2.63. The number of nitrogens with one attached hydrogen (secondary N) is 2. The number of aliphatic hydroxyl groups is 1. The van der Waals surface area contributed by atoms with Gasteiger partial charge in [0.25, 0.3) is 0 Å². The summed E-state index contributed by atoms with van der Waals surface area (Å²) in [6, 6.07) is 12.4. The van der Waals surface area contributed by atoms with Gasteiger partial charge in [0.05, 0.1) is 43.8 Å². The van der Waals surface area contributed by atoms with Crippen LogP contribution in [0.5, 0.6) is 11.5 Å². The van der Waals surface area contributed by atoms with Crippen LogP contribution in [0.3, 0.4) is 0 Å². The van der Waals surface area contributed by atoms with Crippen LogP contribution in [0, 0.1) is 11.8 Å². The monoisotopic (exact) mass is 551 g/mol. The summed E-state index contributed by atoms with van der Waals surface area (Å²) in [5.74, 6) is -1.42. The lowest BCUT2D eigenvalue weighted by Crippen LogP contribution is -2.56. The second kappa shape index (κ2) is 10.7. The fourth-order valence-electron chi connectivity index (χ4n) is 6.78. The normalized spacial score (nSPS) is 29.2. The Labute approximate surface area is 234 Å². The van der Waals surface area contributed by atoms with Crippen LogP contribution in [0.4, 0.5) is 11.4 Å². The number of nitrogens with zero attached hydrogens (tertiary/aromatic N) is 1. The number of carbonyl (C=O) groups excluding carboxylic acids is 3. The molecule has 1 spiro atoms. The van der Waals surface area contributed by atoms with Gasteiger partial charge in [0, 0.05) is 11.4 Å². The van der Waals surface area contributed by atoms with Gasteiger partial charge in [0.15, 0.2) is 0 Å². The summed E-state index contributed by atoms with van der Waals surface area (Å²) < 4.78 is 17.3. The molecule has 0 saturated carbocycles. The first kappa shape index (κ1) is 27.9. The van der Waals surface area contributed by atoms with Crippen molar-refractivity contribution in [2.45, 2.75) is 63.3 Å². The van der Waals surface area contributed by atoms with Gasteiger partial charge in [-0.25, -0.2) is 0 Å². The van der Waals surface area contributed by atoms with E-state index in [-0.39, 0.29) is 18.4 Å². The second-order valence-electron chi connectivity index (χ2n) is 10.9. The van der Waals surface area contributed by atoms with Crippen LogP contribution >= 0.6 is 0 Å². The number of aliphatic hydroxyl groups excluding tert-OH is 1. The Morgan fingerprint density at radius 1 is 1.02 bits per heavy atom. The molecule has 5 rings (SSSR count). The summed E-state index contributed by atoms with van der Waals surface area (Å²) in [4.78, 5) is 43.3. The van der Waals surface area contributed by atoms with Gasteiger partial charge in [-0.05, 0) is 81.6 Å². The third-order valence-electron chi connectivity index (χ3n) is 8.61. The number of hydrogen-bond acceptors (Lipinski definition) is 7. The molecule has 10 heteroatoms. The molecule has 214 valence electrons. The molecule has 3 heterocycles. The molecule has 2 unspecified atom stereocenters. The maximum absolute atomic E-state index is 14.1. The summed E-state index contributed by atoms with van der Waals surface area (Å²) in [5, 5.41) is 16.1. The molecule has 0 radical (unpaired) electrons. The Bertz CT molecular complexity index is 1260. The van der Waals surface area contributed by atoms with Crippen LogP contribution < -0.4 is 20.1 Å². The Morgan fingerprint density at radius 2 is 1.62 bits per heavy atom. The standard InChI is InChI=1S/C30H37N3O7/c1-5-20(17-34)33-25(27(36)32-19-7-11-21(38-4)12-8-19)30-16-15-29(3,40-30)23(24(30)28(33)37)26(35)31-18-9-13-22(14-10-18)39-6-2/h7-14,20,23-25,34H,5-6,15-17H2,1-4H3,(H,31,35)(H,32,36)/t20-,23+,24-,25?,29-,30?/m0/s1. The number of likely N-dealkylation sites (tertiary alicyclic amines) is 1. The van der Waals surface area contributed by atoms with Crippen LogP contribution in [0.2, 0.25) is 0 Å². The molecule has 6 atom stereocenters. The summed E-state index contributed by atoms with van der Waals surface area (Å²) in [6.45, 7) is 5.83. The molecule has 3 saturated heterocycles. The SMILES string of the molecule is CCOc1ccc(NC(=O)[C@H]2[C@H]3C(=O)N([C@@H](CC)CO)C(C(=O)Nc4ccc(OC)cc4)C34CC[C@]2(C)O4)cc1. The van der Waals surface area contributed by atoms with E-state index in [2.05, 4.69) is 10.6 Å². The predicted octanol–water partition coefficient (Wildman–Crippen LogP) is 3.21. The first-order chi connectivity index (χ1) is 19.2. The highest BCUT2D eigenvalue weighted by molar-refractivity contribution is 6.05. The summed E-state index contributed by atoms with van der Waals surface area (Å²) in [7, 11) is 1.56. The minimum absolute atomic E-state index is 0.308. The minimum Gasteiger partial charge on any atom is -0.497 e. The second-order valence-corrected chi connectivity index (χ2v) is 10.9. The molecular weight excluding hydrogens is 514 g/mol. The largest absolute Gasteiger partial charge is 0.497 e. The zero-order valence-corrected chi connectivity index (χ0v) is 23.3. The Morgan fingerprint density at radius 3 is 2.17 bits per heavy atom. The smallest absolute Gasteiger partial charge is 0.250 e. The first-order valence-electron chi connectivity index (χ1n) is 13.8. The van der Waals surface area contributed by atoms with Gasteiger partial charge in [-0.1, -0.05) is 6.92 Å². The number of fused-ring (bicyclic) bond motifs is 1. The van der Waals surface area contributed by atoms with Crippen LogP contribution in [0.15, 0.2) is 48.5 Å². The molecule has 0 aromatic heterocycles. The molecule has 40 heavy (non-hydrogen) atoms. The van der Waals surface area contributed by atoms with E-state index >= 15 is 0 Å². The highest BCUT2D eigenvalue weighted by Gasteiger charge is 2.78. The van der Waals surface area contributed by atoms with Crippen molar-refractivity contribution in [2.75, 3.05) is 31.0 Å². The molecule has 2 aromatic carbocycles. The Hall–Kier alpha value is -3.63. The number of carbonyl (C=O) groups is 3. The molecule has 3 aliphatic heterocycles. The van der Waals surface area contributed by atoms with Crippen molar-refractivity contribution >= 4 is 29.1 Å². The maximum atomic E-state index is 14.1. The molecule has 3 aliphatic rings. The zero-order chi connectivity index (χ0) is 28.7. The van der Waals surface area contributed by atoms with Gasteiger partial charge < -0.3 is 34.9 Å². The van der Waals surface area contributed by atoms with Gasteiger partial charge in [0.2, 0.25) is 17.7 Å². The average molecular weight is 552 g/mol. The molecule has 10 nitrogen and oxygen atoms in total. The Balaban J connectivity index is 1.47. The predicted molar refractivity (Wildman–Crippen MR) is 148 cm³/mol. The van der Waals surface area contributed by atoms with Gasteiger partial charge in [-0.3, -0.25) is 14.4 Å². The lowest BCUT2D eigenvalue weighted by molar-refractivity contribution is -0.146. The third-order valence-corrected chi connectivity index (χ3v) is 8.61. The van der Waals surface area contributed by atoms with Crippen molar-refractivity contribution in [3.05, 3.63) is 48.5 Å². The number of hydrogen-bond donors (Lipinski definition) is 3. The lowest BCUT2D eigenvalue weighted by atomic mass is 9.66. The summed E-state index contributed by atoms with van der Waals surface area (Å²) in [6.07, 6.45) is 1.41. The van der Waals surface area contributed by atoms with Crippen LogP contribution in [0.25, 0.3) is 0 Å². The van der Waals surface area contributed by atoms with Gasteiger partial charge in [-0.15, -0.1) is 0 Å². The number of rotatable bonds is 10. The van der Waals surface area contributed by atoms with E-state index in [1.54, 1.807) is 55.6 Å². The fraction of sp³-hybridized carbons (Fsp3) is 0.500. The molecular formula is C30H37N3O7. The molecule has 2 bridgehead atoms. The van der Waals surface area contributed by atoms with Crippen LogP contribution in [0.1, 0.15) is 40.0 Å². The summed E-state index contributed by atoms with van der Waals surface area (Å²) >= 11 is 0. The topological polar surface area (TPSA) is 126 Å². The van der Waals surface area contributed by atoms with Crippen molar-refractivity contribution in [2.24, 2.45) is 11.8 Å². The number of amides is 3. The van der Waals surface area contributed by atoms with E-state index in [1.807, 2.05) is 20.8 Å². The van der Waals surface area contributed by atoms with E-state index in [0.717, 1.165) is 0 Å². The van der Waals surface area contributed by atoms with Crippen molar-refractivity contribution in [3.63, 3.8) is 0 Å². The Kier molecular flexibility index (Phi) is 7.50. The minimum atomic E-state index is -1.19. The highest BCUT2D eigenvalue weighted by atomic mass is 16.5. The average Bonchev–Trinajstić information content (AvgIpc) is 3.52. The lowest BCUT2D eigenvalue weighted by Gasteiger charge is -2.36. The molecule has 2 aromatic rings. The van der Waals surface area contributed by atoms with E-state index in [1.165, 1.54) is 4.90 Å². The number of ether oxygens (including phenoxy) is 3. The molecule has 3 amide bonds. The summed E-state index contributed by atoms with van der Waals surface area (Å²) in [5.41, 5.74) is -0.988. The molecule has 0 aliphatic carbocycles. The van der Waals surface area contributed by atoms with E-state index < -0.39 is 41.0 Å². The van der Waals surface area contributed by atoms with E-state index in [9.17, 15) is 19.5 Å². The van der Waals surface area contributed by atoms with Crippen LogP contribution in [-0.2, 0) is 19.1 Å². The number of anilines is 2. The van der Waals surface area contributed by atoms with Gasteiger partial charge >= 0.3 is 0 Å². The zero-order valence-electron chi connectivity index (χ0n) is 23.3. The number of methoxy groups -OCH3 is 1. The first-order valence-corrected chi connectivity index (χ1v) is 13.8. The van der Waals surface area contributed by atoms with Crippen LogP contribution in [-0.4, -0.2) is 71.3 Å². The number of benzene rings is 2. The molecule has 3 fully saturated rings. The van der Waals surface area contributed by atoms with Crippen molar-refractivity contribution in [3.8, 4) is 11.5 Å². The van der Waals surface area contributed by atoms with Crippen molar-refractivity contribution in [1.29, 1.82) is 0 Å². The van der Waals surface area contributed by atoms with Crippen molar-refractivity contribution in [1.82, 2.24) is 4.90 Å². The molecule has 3 N–H and O–H groups in total.